The molecular formula is C21H21N3O2. The number of carbonyl (C=O) groups is 2. The molecule has 3 rings (SSSR count). The third-order valence-electron chi connectivity index (χ3n) is 4.60. The predicted molar refractivity (Wildman–Crippen MR) is 102 cm³/mol. The largest absolute Gasteiger partial charge is 0.366 e. The maximum Gasteiger partial charge on any atom is 0.270 e. The van der Waals surface area contributed by atoms with Gasteiger partial charge in [-0.25, -0.2) is 0 Å². The van der Waals surface area contributed by atoms with E-state index in [4.69, 9.17) is 5.73 Å². The molecule has 132 valence electrons. The summed E-state index contributed by atoms with van der Waals surface area (Å²) in [6, 6.07) is 19.7. The van der Waals surface area contributed by atoms with Crippen molar-refractivity contribution < 1.29 is 9.59 Å². The molecule has 2 amide bonds. The maximum absolute atomic E-state index is 12.6. The van der Waals surface area contributed by atoms with Crippen molar-refractivity contribution in [2.45, 2.75) is 13.0 Å². The van der Waals surface area contributed by atoms with Gasteiger partial charge < -0.3 is 15.6 Å². The van der Waals surface area contributed by atoms with Gasteiger partial charge in [-0.15, -0.1) is 0 Å². The van der Waals surface area contributed by atoms with Crippen LogP contribution in [-0.4, -0.2) is 28.7 Å². The molecule has 26 heavy (non-hydrogen) atoms. The number of primary amides is 1. The topological polar surface area (TPSA) is 79.2 Å². The molecule has 5 nitrogen and oxygen atoms in total. The minimum absolute atomic E-state index is 0.118. The molecule has 0 saturated carbocycles. The van der Waals surface area contributed by atoms with E-state index in [0.29, 0.717) is 11.3 Å². The van der Waals surface area contributed by atoms with Gasteiger partial charge in [0.05, 0.1) is 11.6 Å². The van der Waals surface area contributed by atoms with Crippen LogP contribution >= 0.6 is 0 Å². The molecule has 1 atom stereocenters. The minimum atomic E-state index is -0.562. The number of nitrogens with zero attached hydrogens (tertiary/aromatic N) is 1. The lowest BCUT2D eigenvalue weighted by molar-refractivity contribution is 0.0737. The van der Waals surface area contributed by atoms with Gasteiger partial charge in [-0.1, -0.05) is 54.6 Å². The molecule has 0 radical (unpaired) electrons. The Balaban J connectivity index is 1.76. The van der Waals surface area contributed by atoms with Gasteiger partial charge in [0.25, 0.3) is 5.91 Å². The van der Waals surface area contributed by atoms with E-state index >= 15 is 0 Å². The van der Waals surface area contributed by atoms with Gasteiger partial charge in [0.2, 0.25) is 5.91 Å². The Labute approximate surface area is 152 Å². The van der Waals surface area contributed by atoms with Crippen LogP contribution in [0.5, 0.6) is 0 Å². The molecular weight excluding hydrogens is 326 g/mol. The molecule has 0 bridgehead atoms. The zero-order valence-corrected chi connectivity index (χ0v) is 14.8. The third kappa shape index (κ3) is 3.52. The van der Waals surface area contributed by atoms with Gasteiger partial charge in [-0.05, 0) is 29.7 Å². The van der Waals surface area contributed by atoms with Crippen molar-refractivity contribution in [2.75, 3.05) is 7.05 Å². The van der Waals surface area contributed by atoms with E-state index in [2.05, 4.69) is 29.2 Å². The van der Waals surface area contributed by atoms with E-state index in [1.54, 1.807) is 11.9 Å². The number of H-pyrrole nitrogens is 1. The Morgan fingerprint density at radius 2 is 1.62 bits per heavy atom. The molecule has 0 saturated heterocycles. The average molecular weight is 347 g/mol. The summed E-state index contributed by atoms with van der Waals surface area (Å²) in [5.74, 6) is -0.760. The van der Waals surface area contributed by atoms with E-state index in [0.717, 1.165) is 16.7 Å². The summed E-state index contributed by atoms with van der Waals surface area (Å²) >= 11 is 0. The van der Waals surface area contributed by atoms with Gasteiger partial charge in [0, 0.05) is 13.2 Å². The third-order valence-corrected chi connectivity index (χ3v) is 4.60. The van der Waals surface area contributed by atoms with Crippen molar-refractivity contribution in [3.8, 4) is 11.1 Å². The zero-order valence-electron chi connectivity index (χ0n) is 14.8. The molecule has 0 spiro atoms. The number of nitrogens with one attached hydrogen (secondary N) is 1. The first-order valence-corrected chi connectivity index (χ1v) is 8.38. The predicted octanol–water partition coefficient (Wildman–Crippen LogP) is 3.61. The first-order valence-electron chi connectivity index (χ1n) is 8.38. The summed E-state index contributed by atoms with van der Waals surface area (Å²) in [7, 11) is 1.74. The molecule has 0 unspecified atom stereocenters. The fourth-order valence-electron chi connectivity index (χ4n) is 2.83. The number of aromatic amines is 1. The number of hydrogen-bond donors (Lipinski definition) is 2. The number of aromatic nitrogens is 1. The van der Waals surface area contributed by atoms with Crippen molar-refractivity contribution in [3.05, 3.63) is 83.7 Å². The van der Waals surface area contributed by atoms with Crippen molar-refractivity contribution >= 4 is 11.8 Å². The molecule has 1 heterocycles. The first kappa shape index (κ1) is 17.5. The van der Waals surface area contributed by atoms with Crippen LogP contribution in [0.4, 0.5) is 0 Å². The molecule has 0 fully saturated rings. The van der Waals surface area contributed by atoms with Gasteiger partial charge in [-0.2, -0.15) is 0 Å². The van der Waals surface area contributed by atoms with Crippen molar-refractivity contribution in [1.29, 1.82) is 0 Å². The van der Waals surface area contributed by atoms with Gasteiger partial charge in [0.1, 0.15) is 5.69 Å². The summed E-state index contributed by atoms with van der Waals surface area (Å²) in [4.78, 5) is 28.3. The number of amides is 2. The summed E-state index contributed by atoms with van der Waals surface area (Å²) in [6.45, 7) is 1.97. The Kier molecular flexibility index (Phi) is 4.89. The van der Waals surface area contributed by atoms with Crippen molar-refractivity contribution in [2.24, 2.45) is 5.73 Å². The van der Waals surface area contributed by atoms with Crippen LogP contribution < -0.4 is 5.73 Å². The lowest BCUT2D eigenvalue weighted by atomic mass is 10.0. The quantitative estimate of drug-likeness (QED) is 0.739. The second-order valence-corrected chi connectivity index (χ2v) is 6.25. The number of nitrogens with two attached hydrogens (primary N) is 1. The number of rotatable bonds is 5. The van der Waals surface area contributed by atoms with E-state index in [1.807, 2.05) is 37.3 Å². The Morgan fingerprint density at radius 1 is 1.00 bits per heavy atom. The smallest absolute Gasteiger partial charge is 0.270 e. The van der Waals surface area contributed by atoms with Crippen LogP contribution in [0.2, 0.25) is 0 Å². The van der Waals surface area contributed by atoms with Crippen molar-refractivity contribution in [1.82, 2.24) is 9.88 Å². The van der Waals surface area contributed by atoms with Crippen LogP contribution in [0.25, 0.3) is 11.1 Å². The number of hydrogen-bond acceptors (Lipinski definition) is 2. The van der Waals surface area contributed by atoms with Crippen LogP contribution in [0.1, 0.15) is 39.4 Å². The van der Waals surface area contributed by atoms with E-state index in [-0.39, 0.29) is 11.9 Å². The number of benzene rings is 2. The second kappa shape index (κ2) is 7.27. The van der Waals surface area contributed by atoms with Crippen LogP contribution in [0, 0.1) is 0 Å². The zero-order chi connectivity index (χ0) is 18.7. The highest BCUT2D eigenvalue weighted by atomic mass is 16.2. The number of carbonyl (C=O) groups excluding carboxylic acids is 2. The summed E-state index contributed by atoms with van der Waals surface area (Å²) in [5.41, 5.74) is 9.18. The van der Waals surface area contributed by atoms with Crippen LogP contribution in [0.3, 0.4) is 0 Å². The van der Waals surface area contributed by atoms with Gasteiger partial charge in [-0.3, -0.25) is 9.59 Å². The first-order chi connectivity index (χ1) is 12.5. The monoisotopic (exact) mass is 347 g/mol. The van der Waals surface area contributed by atoms with Gasteiger partial charge >= 0.3 is 0 Å². The van der Waals surface area contributed by atoms with Crippen molar-refractivity contribution in [3.63, 3.8) is 0 Å². The summed E-state index contributed by atoms with van der Waals surface area (Å²) in [5, 5.41) is 0. The molecule has 0 aliphatic heterocycles. The fourth-order valence-corrected chi connectivity index (χ4v) is 2.83. The maximum atomic E-state index is 12.6. The van der Waals surface area contributed by atoms with Crippen LogP contribution in [0.15, 0.2) is 66.9 Å². The minimum Gasteiger partial charge on any atom is -0.366 e. The van der Waals surface area contributed by atoms with Gasteiger partial charge in [0.15, 0.2) is 0 Å². The normalized spacial score (nSPS) is 11.8. The molecule has 2 aromatic carbocycles. The lowest BCUT2D eigenvalue weighted by Crippen LogP contribution is -2.29. The molecule has 1 aromatic heterocycles. The lowest BCUT2D eigenvalue weighted by Gasteiger charge is -2.25. The highest BCUT2D eigenvalue weighted by molar-refractivity contribution is 5.98. The highest BCUT2D eigenvalue weighted by Crippen LogP contribution is 2.25. The summed E-state index contributed by atoms with van der Waals surface area (Å²) < 4.78 is 0. The standard InChI is InChI=1S/C21H21N3O2/c1-14(24(2)21(26)19-12-18(13-23-19)20(22)25)15-8-10-17(11-9-15)16-6-4-3-5-7-16/h3-14,23H,1-2H3,(H2,22,25)/t14-/m1/s1. The molecule has 5 heteroatoms. The Bertz CT molecular complexity index is 914. The van der Waals surface area contributed by atoms with E-state index in [1.165, 1.54) is 12.3 Å². The second-order valence-electron chi connectivity index (χ2n) is 6.25. The fraction of sp³-hybridized carbons (Fsp3) is 0.143. The molecule has 3 N–H and O–H groups in total. The molecule has 0 aliphatic carbocycles. The van der Waals surface area contributed by atoms with Crippen LogP contribution in [-0.2, 0) is 0 Å². The van der Waals surface area contributed by atoms with E-state index < -0.39 is 5.91 Å². The Morgan fingerprint density at radius 3 is 2.19 bits per heavy atom. The average Bonchev–Trinajstić information content (AvgIpc) is 3.17. The SMILES string of the molecule is C[C@H](c1ccc(-c2ccccc2)cc1)N(C)C(=O)c1cc(C(N)=O)c[nH]1. The summed E-state index contributed by atoms with van der Waals surface area (Å²) in [6.07, 6.45) is 1.45. The van der Waals surface area contributed by atoms with E-state index in [9.17, 15) is 9.59 Å². The molecule has 0 aliphatic rings. The highest BCUT2D eigenvalue weighted by Gasteiger charge is 2.21. The Hall–Kier alpha value is -3.34. The molecule has 3 aromatic rings.